The van der Waals surface area contributed by atoms with E-state index in [2.05, 4.69) is 48.5 Å². The molecule has 0 radical (unpaired) electrons. The molecule has 0 saturated carbocycles. The van der Waals surface area contributed by atoms with Crippen molar-refractivity contribution in [3.8, 4) is 0 Å². The number of esters is 1. The van der Waals surface area contributed by atoms with Crippen LogP contribution in [0, 0.1) is 0 Å². The predicted octanol–water partition coefficient (Wildman–Crippen LogP) is 4.59. The zero-order chi connectivity index (χ0) is 18.2. The highest BCUT2D eigenvalue weighted by Crippen LogP contribution is 2.31. The van der Waals surface area contributed by atoms with Crippen molar-refractivity contribution in [2.75, 3.05) is 20.3 Å². The highest BCUT2D eigenvalue weighted by atomic mass is 32.2. The van der Waals surface area contributed by atoms with Gasteiger partial charge in [-0.3, -0.25) is 0 Å². The fourth-order valence-electron chi connectivity index (χ4n) is 2.55. The van der Waals surface area contributed by atoms with Gasteiger partial charge in [-0.05, 0) is 48.5 Å². The molecule has 0 aromatic heterocycles. The van der Waals surface area contributed by atoms with E-state index in [0.29, 0.717) is 12.2 Å². The minimum Gasteiger partial charge on any atom is -0.460 e. The molecule has 0 aliphatic heterocycles. The molecular weight excluding hydrogens is 344 g/mol. The van der Waals surface area contributed by atoms with E-state index >= 15 is 0 Å². The van der Waals surface area contributed by atoms with Crippen LogP contribution in [0.4, 0.5) is 0 Å². The molecule has 3 rings (SSSR count). The molecule has 0 N–H and O–H groups in total. The van der Waals surface area contributed by atoms with Crippen molar-refractivity contribution in [2.24, 2.45) is 0 Å². The monoisotopic (exact) mass is 365 g/mol. The molecule has 0 aliphatic carbocycles. The first-order chi connectivity index (χ1) is 12.8. The molecule has 132 valence electrons. The lowest BCUT2D eigenvalue weighted by Gasteiger charge is -2.09. The van der Waals surface area contributed by atoms with E-state index in [9.17, 15) is 4.79 Å². The van der Waals surface area contributed by atoms with Gasteiger partial charge in [0, 0.05) is 7.11 Å². The van der Waals surface area contributed by atoms with Gasteiger partial charge in [-0.2, -0.15) is 0 Å². The third-order valence-corrected chi connectivity index (χ3v) is 6.03. The molecule has 0 bridgehead atoms. The maximum Gasteiger partial charge on any atom is 0.338 e. The van der Waals surface area contributed by atoms with Gasteiger partial charge < -0.3 is 9.47 Å². The fourth-order valence-corrected chi connectivity index (χ4v) is 4.63. The SMILES string of the molecule is COCCOC(=O)c1ccc([S+](c2ccccc2)c2ccccc2)cc1. The lowest BCUT2D eigenvalue weighted by molar-refractivity contribution is 0.0388. The summed E-state index contributed by atoms with van der Waals surface area (Å²) in [5, 5.41) is 0. The molecule has 0 atom stereocenters. The van der Waals surface area contributed by atoms with Crippen LogP contribution in [0.5, 0.6) is 0 Å². The lowest BCUT2D eigenvalue weighted by atomic mass is 10.2. The Morgan fingerprint density at radius 1 is 0.731 bits per heavy atom. The Bertz CT molecular complexity index is 778. The standard InChI is InChI=1S/C22H21O3S/c1-24-16-17-25-22(23)18-12-14-21(15-13-18)26(19-8-4-2-5-9-19)20-10-6-3-7-11-20/h2-15H,16-17H2,1H3/q+1. The maximum absolute atomic E-state index is 12.1. The van der Waals surface area contributed by atoms with Crippen LogP contribution in [0.25, 0.3) is 0 Å². The predicted molar refractivity (Wildman–Crippen MR) is 104 cm³/mol. The van der Waals surface area contributed by atoms with Gasteiger partial charge in [-0.1, -0.05) is 36.4 Å². The molecule has 0 heterocycles. The van der Waals surface area contributed by atoms with Crippen molar-refractivity contribution >= 4 is 16.9 Å². The third kappa shape index (κ3) is 4.54. The third-order valence-electron chi connectivity index (χ3n) is 3.80. The van der Waals surface area contributed by atoms with E-state index in [1.807, 2.05) is 36.4 Å². The van der Waals surface area contributed by atoms with Gasteiger partial charge in [0.25, 0.3) is 0 Å². The Kier molecular flexibility index (Phi) is 6.47. The van der Waals surface area contributed by atoms with Gasteiger partial charge in [0.05, 0.1) is 23.1 Å². The molecule has 0 saturated heterocycles. The van der Waals surface area contributed by atoms with Crippen molar-refractivity contribution in [3.63, 3.8) is 0 Å². The zero-order valence-electron chi connectivity index (χ0n) is 14.6. The zero-order valence-corrected chi connectivity index (χ0v) is 15.4. The van der Waals surface area contributed by atoms with Gasteiger partial charge in [0.2, 0.25) is 0 Å². The van der Waals surface area contributed by atoms with Crippen LogP contribution in [-0.4, -0.2) is 26.3 Å². The van der Waals surface area contributed by atoms with Crippen molar-refractivity contribution < 1.29 is 14.3 Å². The average molecular weight is 365 g/mol. The Labute approximate surface area is 156 Å². The molecule has 3 aromatic carbocycles. The molecule has 26 heavy (non-hydrogen) atoms. The Balaban J connectivity index is 1.87. The highest BCUT2D eigenvalue weighted by molar-refractivity contribution is 7.97. The topological polar surface area (TPSA) is 35.5 Å². The van der Waals surface area contributed by atoms with E-state index < -0.39 is 0 Å². The van der Waals surface area contributed by atoms with E-state index in [1.54, 1.807) is 7.11 Å². The summed E-state index contributed by atoms with van der Waals surface area (Å²) >= 11 is 0. The van der Waals surface area contributed by atoms with Crippen molar-refractivity contribution in [1.82, 2.24) is 0 Å². The number of rotatable bonds is 7. The molecule has 3 nitrogen and oxygen atoms in total. The van der Waals surface area contributed by atoms with Crippen molar-refractivity contribution in [3.05, 3.63) is 90.5 Å². The van der Waals surface area contributed by atoms with E-state index in [4.69, 9.17) is 9.47 Å². The lowest BCUT2D eigenvalue weighted by Crippen LogP contribution is -2.10. The van der Waals surface area contributed by atoms with Gasteiger partial charge in [0.1, 0.15) is 6.61 Å². The first kappa shape index (κ1) is 18.2. The second-order valence-corrected chi connectivity index (χ2v) is 7.61. The molecule has 0 fully saturated rings. The summed E-state index contributed by atoms with van der Waals surface area (Å²) < 4.78 is 10.1. The second-order valence-electron chi connectivity index (χ2n) is 5.59. The van der Waals surface area contributed by atoms with Crippen LogP contribution in [0.3, 0.4) is 0 Å². The largest absolute Gasteiger partial charge is 0.460 e. The van der Waals surface area contributed by atoms with Crippen LogP contribution < -0.4 is 0 Å². The van der Waals surface area contributed by atoms with Crippen molar-refractivity contribution in [2.45, 2.75) is 14.7 Å². The maximum atomic E-state index is 12.1. The normalized spacial score (nSPS) is 10.7. The first-order valence-corrected chi connectivity index (χ1v) is 9.62. The van der Waals surface area contributed by atoms with E-state index in [0.717, 1.165) is 4.90 Å². The molecule has 3 aromatic rings. The van der Waals surface area contributed by atoms with Crippen molar-refractivity contribution in [1.29, 1.82) is 0 Å². The number of carbonyl (C=O) groups excluding carboxylic acids is 1. The summed E-state index contributed by atoms with van der Waals surface area (Å²) in [5.41, 5.74) is 0.550. The van der Waals surface area contributed by atoms with Crippen LogP contribution in [0.2, 0.25) is 0 Å². The van der Waals surface area contributed by atoms with E-state index in [-0.39, 0.29) is 23.5 Å². The van der Waals surface area contributed by atoms with Crippen LogP contribution in [0.1, 0.15) is 10.4 Å². The summed E-state index contributed by atoms with van der Waals surface area (Å²) in [7, 11) is 1.37. The number of carbonyl (C=O) groups is 1. The molecule has 0 aliphatic rings. The molecule has 0 spiro atoms. The number of hydrogen-bond donors (Lipinski definition) is 0. The summed E-state index contributed by atoms with van der Waals surface area (Å²) in [4.78, 5) is 15.7. The van der Waals surface area contributed by atoms with Gasteiger partial charge >= 0.3 is 5.97 Å². The minimum atomic E-state index is -0.326. The first-order valence-electron chi connectivity index (χ1n) is 8.40. The van der Waals surface area contributed by atoms with Gasteiger partial charge in [0.15, 0.2) is 14.7 Å². The molecule has 4 heteroatoms. The summed E-state index contributed by atoms with van der Waals surface area (Å²) in [6.07, 6.45) is 0. The summed E-state index contributed by atoms with van der Waals surface area (Å²) in [5.74, 6) is -0.326. The summed E-state index contributed by atoms with van der Waals surface area (Å²) in [6, 6.07) is 28.5. The molecule has 0 amide bonds. The van der Waals surface area contributed by atoms with E-state index in [1.165, 1.54) is 9.79 Å². The smallest absolute Gasteiger partial charge is 0.338 e. The second kappa shape index (κ2) is 9.22. The quantitative estimate of drug-likeness (QED) is 0.349. The number of hydrogen-bond acceptors (Lipinski definition) is 3. The Hall–Kier alpha value is -2.56. The fraction of sp³-hybridized carbons (Fsp3) is 0.136. The average Bonchev–Trinajstić information content (AvgIpc) is 2.70. The highest BCUT2D eigenvalue weighted by Gasteiger charge is 2.28. The Morgan fingerprint density at radius 2 is 1.23 bits per heavy atom. The van der Waals surface area contributed by atoms with Gasteiger partial charge in [-0.25, -0.2) is 4.79 Å². The van der Waals surface area contributed by atoms with Crippen LogP contribution >= 0.6 is 0 Å². The van der Waals surface area contributed by atoms with Crippen LogP contribution in [0.15, 0.2) is 99.6 Å². The molecule has 0 unspecified atom stereocenters. The number of ether oxygens (including phenoxy) is 2. The number of methoxy groups -OCH3 is 1. The minimum absolute atomic E-state index is 0.215. The van der Waals surface area contributed by atoms with Gasteiger partial charge in [-0.15, -0.1) is 0 Å². The van der Waals surface area contributed by atoms with Crippen LogP contribution in [-0.2, 0) is 20.4 Å². The summed E-state index contributed by atoms with van der Waals surface area (Å²) in [6.45, 7) is 0.658. The number of benzene rings is 3. The Morgan fingerprint density at radius 3 is 1.73 bits per heavy atom. The molecular formula is C22H21O3S+.